The van der Waals surface area contributed by atoms with Gasteiger partial charge in [0.25, 0.3) is 0 Å². The van der Waals surface area contributed by atoms with Gasteiger partial charge >= 0.3 is 5.97 Å². The predicted molar refractivity (Wildman–Crippen MR) is 65.0 cm³/mol. The number of carboxylic acids is 1. The Balaban J connectivity index is 4.40. The number of nitrogens with one attached hydrogen (secondary N) is 1. The van der Waals surface area contributed by atoms with E-state index < -0.39 is 39.1 Å². The molecule has 0 radical (unpaired) electrons. The SMILES string of the molecule is COCC(C)NC(=O)CS(=O)(=O)C(C)CC(=O)O. The fourth-order valence-corrected chi connectivity index (χ4v) is 2.44. The van der Waals surface area contributed by atoms with E-state index >= 15 is 0 Å². The summed E-state index contributed by atoms with van der Waals surface area (Å²) in [6, 6.07) is -0.299. The molecule has 0 aliphatic heterocycles. The standard InChI is InChI=1S/C10H19NO6S/c1-7(5-17-3)11-9(12)6-18(15,16)8(2)4-10(13)14/h7-8H,4-6H2,1-3H3,(H,11,12)(H,13,14). The summed E-state index contributed by atoms with van der Waals surface area (Å²) in [5.74, 6) is -2.58. The van der Waals surface area contributed by atoms with Crippen LogP contribution >= 0.6 is 0 Å². The molecule has 0 bridgehead atoms. The van der Waals surface area contributed by atoms with E-state index in [-0.39, 0.29) is 12.6 Å². The molecule has 0 saturated carbocycles. The van der Waals surface area contributed by atoms with Gasteiger partial charge in [-0.3, -0.25) is 9.59 Å². The lowest BCUT2D eigenvalue weighted by atomic mass is 10.3. The van der Waals surface area contributed by atoms with Crippen LogP contribution < -0.4 is 5.32 Å². The Morgan fingerprint density at radius 2 is 1.89 bits per heavy atom. The summed E-state index contributed by atoms with van der Waals surface area (Å²) in [6.45, 7) is 3.22. The first-order valence-corrected chi connectivity index (χ1v) is 7.12. The van der Waals surface area contributed by atoms with E-state index in [1.165, 1.54) is 14.0 Å². The fraction of sp³-hybridized carbons (Fsp3) is 0.800. The van der Waals surface area contributed by atoms with Crippen LogP contribution in [0.15, 0.2) is 0 Å². The average molecular weight is 281 g/mol. The second kappa shape index (κ2) is 7.32. The van der Waals surface area contributed by atoms with Crippen LogP contribution in [0.3, 0.4) is 0 Å². The highest BCUT2D eigenvalue weighted by molar-refractivity contribution is 7.92. The number of hydrogen-bond donors (Lipinski definition) is 2. The molecule has 0 fully saturated rings. The Bertz CT molecular complexity index is 391. The summed E-state index contributed by atoms with van der Waals surface area (Å²) in [7, 11) is -2.28. The molecule has 0 rings (SSSR count). The number of carbonyl (C=O) groups is 2. The molecule has 0 aromatic carbocycles. The quantitative estimate of drug-likeness (QED) is 0.615. The number of aliphatic carboxylic acids is 1. The van der Waals surface area contributed by atoms with Crippen molar-refractivity contribution < 1.29 is 27.9 Å². The lowest BCUT2D eigenvalue weighted by molar-refractivity contribution is -0.137. The molecule has 0 aromatic heterocycles. The highest BCUT2D eigenvalue weighted by Crippen LogP contribution is 2.06. The summed E-state index contributed by atoms with van der Waals surface area (Å²) in [5, 5.41) is 9.89. The summed E-state index contributed by atoms with van der Waals surface area (Å²) in [5.41, 5.74) is 0. The molecule has 1 amide bonds. The second-order valence-corrected chi connectivity index (χ2v) is 6.56. The molecule has 0 spiro atoms. The number of carbonyl (C=O) groups excluding carboxylic acids is 1. The van der Waals surface area contributed by atoms with Crippen molar-refractivity contribution in [3.63, 3.8) is 0 Å². The topological polar surface area (TPSA) is 110 Å². The van der Waals surface area contributed by atoms with Crippen LogP contribution in [0.4, 0.5) is 0 Å². The Hall–Kier alpha value is -1.15. The minimum absolute atomic E-state index is 0.274. The van der Waals surface area contributed by atoms with Crippen LogP contribution in [0.5, 0.6) is 0 Å². The highest BCUT2D eigenvalue weighted by Gasteiger charge is 2.26. The number of amides is 1. The fourth-order valence-electron chi connectivity index (χ4n) is 1.31. The molecule has 8 heteroatoms. The molecule has 0 aliphatic rings. The molecular weight excluding hydrogens is 262 g/mol. The number of sulfone groups is 1. The van der Waals surface area contributed by atoms with Crippen molar-refractivity contribution in [3.8, 4) is 0 Å². The van der Waals surface area contributed by atoms with Gasteiger partial charge in [-0.05, 0) is 13.8 Å². The molecule has 106 valence electrons. The van der Waals surface area contributed by atoms with Crippen molar-refractivity contribution in [2.75, 3.05) is 19.5 Å². The number of rotatable bonds is 8. The summed E-state index contributed by atoms with van der Waals surface area (Å²) in [4.78, 5) is 21.9. The van der Waals surface area contributed by atoms with E-state index in [1.807, 2.05) is 0 Å². The van der Waals surface area contributed by atoms with Crippen LogP contribution in [-0.4, -0.2) is 56.2 Å². The van der Waals surface area contributed by atoms with Crippen LogP contribution in [-0.2, 0) is 24.2 Å². The summed E-state index contributed by atoms with van der Waals surface area (Å²) >= 11 is 0. The van der Waals surface area contributed by atoms with E-state index in [0.717, 1.165) is 0 Å². The zero-order valence-electron chi connectivity index (χ0n) is 10.7. The van der Waals surface area contributed by atoms with Gasteiger partial charge in [-0.25, -0.2) is 8.42 Å². The smallest absolute Gasteiger partial charge is 0.304 e. The van der Waals surface area contributed by atoms with Gasteiger partial charge in [0.1, 0.15) is 5.75 Å². The van der Waals surface area contributed by atoms with Crippen molar-refractivity contribution >= 4 is 21.7 Å². The third kappa shape index (κ3) is 6.55. The number of methoxy groups -OCH3 is 1. The maximum absolute atomic E-state index is 11.7. The third-order valence-corrected chi connectivity index (χ3v) is 4.29. The first kappa shape index (κ1) is 16.9. The minimum Gasteiger partial charge on any atom is -0.481 e. The maximum Gasteiger partial charge on any atom is 0.304 e. The summed E-state index contributed by atoms with van der Waals surface area (Å²) < 4.78 is 28.1. The van der Waals surface area contributed by atoms with Crippen LogP contribution in [0.1, 0.15) is 20.3 Å². The van der Waals surface area contributed by atoms with Gasteiger partial charge in [0.05, 0.1) is 18.3 Å². The molecule has 0 aliphatic carbocycles. The van der Waals surface area contributed by atoms with Crippen LogP contribution in [0.25, 0.3) is 0 Å². The van der Waals surface area contributed by atoms with E-state index in [1.54, 1.807) is 6.92 Å². The molecule has 0 heterocycles. The molecule has 7 nitrogen and oxygen atoms in total. The Labute approximate surface area is 106 Å². The number of carboxylic acid groups (broad SMARTS) is 1. The molecular formula is C10H19NO6S. The van der Waals surface area contributed by atoms with Gasteiger partial charge < -0.3 is 15.2 Å². The highest BCUT2D eigenvalue weighted by atomic mass is 32.2. The molecule has 18 heavy (non-hydrogen) atoms. The van der Waals surface area contributed by atoms with Gasteiger partial charge in [-0.1, -0.05) is 0 Å². The monoisotopic (exact) mass is 281 g/mol. The molecule has 2 unspecified atom stereocenters. The van der Waals surface area contributed by atoms with Crippen molar-refractivity contribution in [3.05, 3.63) is 0 Å². The molecule has 0 saturated heterocycles. The Kier molecular flexibility index (Phi) is 6.85. The Morgan fingerprint density at radius 1 is 1.33 bits per heavy atom. The number of hydrogen-bond acceptors (Lipinski definition) is 5. The lowest BCUT2D eigenvalue weighted by Gasteiger charge is -2.14. The Morgan fingerprint density at radius 3 is 2.33 bits per heavy atom. The molecule has 2 atom stereocenters. The first-order chi connectivity index (χ1) is 8.19. The van der Waals surface area contributed by atoms with Crippen molar-refractivity contribution in [1.82, 2.24) is 5.32 Å². The summed E-state index contributed by atoms with van der Waals surface area (Å²) in [6.07, 6.45) is -0.511. The van der Waals surface area contributed by atoms with Gasteiger partial charge in [0.2, 0.25) is 5.91 Å². The zero-order valence-corrected chi connectivity index (χ0v) is 11.5. The normalized spacial score (nSPS) is 14.8. The average Bonchev–Trinajstić information content (AvgIpc) is 2.14. The van der Waals surface area contributed by atoms with Crippen LogP contribution in [0.2, 0.25) is 0 Å². The largest absolute Gasteiger partial charge is 0.481 e. The molecule has 2 N–H and O–H groups in total. The van der Waals surface area contributed by atoms with Gasteiger partial charge in [0, 0.05) is 13.2 Å². The van der Waals surface area contributed by atoms with Gasteiger partial charge in [-0.15, -0.1) is 0 Å². The first-order valence-electron chi connectivity index (χ1n) is 5.40. The van der Waals surface area contributed by atoms with E-state index in [9.17, 15) is 18.0 Å². The van der Waals surface area contributed by atoms with E-state index in [4.69, 9.17) is 9.84 Å². The molecule has 0 aromatic rings. The third-order valence-electron chi connectivity index (χ3n) is 2.23. The van der Waals surface area contributed by atoms with E-state index in [2.05, 4.69) is 5.32 Å². The lowest BCUT2D eigenvalue weighted by Crippen LogP contribution is -2.40. The van der Waals surface area contributed by atoms with Crippen molar-refractivity contribution in [1.29, 1.82) is 0 Å². The van der Waals surface area contributed by atoms with Crippen molar-refractivity contribution in [2.45, 2.75) is 31.6 Å². The number of ether oxygens (including phenoxy) is 1. The van der Waals surface area contributed by atoms with Crippen LogP contribution in [0, 0.1) is 0 Å². The minimum atomic E-state index is -3.75. The van der Waals surface area contributed by atoms with Gasteiger partial charge in [0.15, 0.2) is 9.84 Å². The zero-order chi connectivity index (χ0) is 14.3. The van der Waals surface area contributed by atoms with Gasteiger partial charge in [-0.2, -0.15) is 0 Å². The predicted octanol–water partition coefficient (Wildman–Crippen LogP) is -0.584. The van der Waals surface area contributed by atoms with E-state index in [0.29, 0.717) is 0 Å². The second-order valence-electron chi connectivity index (χ2n) is 4.14. The van der Waals surface area contributed by atoms with Crippen molar-refractivity contribution in [2.24, 2.45) is 0 Å². The maximum atomic E-state index is 11.7.